The number of hydrogen-bond acceptors (Lipinski definition) is 2. The molecular formula is C13H15ClFN3. The Labute approximate surface area is 111 Å². The van der Waals surface area contributed by atoms with Crippen LogP contribution in [0.15, 0.2) is 24.4 Å². The van der Waals surface area contributed by atoms with Gasteiger partial charge in [-0.2, -0.15) is 0 Å². The molecule has 0 fully saturated rings. The third-order valence-electron chi connectivity index (χ3n) is 2.58. The molecule has 0 atom stereocenters. The molecule has 0 saturated heterocycles. The van der Waals surface area contributed by atoms with E-state index in [0.29, 0.717) is 11.7 Å². The molecule has 1 aromatic heterocycles. The topological polar surface area (TPSA) is 29.9 Å². The first-order valence-corrected chi connectivity index (χ1v) is 6.12. The fourth-order valence-corrected chi connectivity index (χ4v) is 1.89. The van der Waals surface area contributed by atoms with E-state index in [1.807, 2.05) is 17.7 Å². The quantitative estimate of drug-likeness (QED) is 0.898. The number of imidazole rings is 1. The van der Waals surface area contributed by atoms with E-state index in [-0.39, 0.29) is 5.02 Å². The second-order valence-electron chi connectivity index (χ2n) is 4.46. The van der Waals surface area contributed by atoms with E-state index in [4.69, 9.17) is 11.6 Å². The smallest absolute Gasteiger partial charge is 0.207 e. The highest BCUT2D eigenvalue weighted by Crippen LogP contribution is 2.24. The molecule has 2 rings (SSSR count). The molecule has 1 aromatic carbocycles. The molecule has 96 valence electrons. The van der Waals surface area contributed by atoms with E-state index in [9.17, 15) is 4.39 Å². The van der Waals surface area contributed by atoms with Crippen LogP contribution in [0.2, 0.25) is 5.02 Å². The zero-order chi connectivity index (χ0) is 13.3. The van der Waals surface area contributed by atoms with Crippen molar-refractivity contribution in [1.29, 1.82) is 0 Å². The Balaban J connectivity index is 2.30. The van der Waals surface area contributed by atoms with Gasteiger partial charge in [-0.05, 0) is 39.0 Å². The van der Waals surface area contributed by atoms with Crippen molar-refractivity contribution in [1.82, 2.24) is 9.55 Å². The standard InChI is InChI=1S/C13H15ClFN3/c1-8(2)18-7-9(3)16-13(18)17-10-4-5-12(15)11(14)6-10/h4-8H,1-3H3,(H,16,17). The number of aromatic nitrogens is 2. The number of benzene rings is 1. The van der Waals surface area contributed by atoms with Gasteiger partial charge in [0.1, 0.15) is 5.82 Å². The molecule has 0 bridgehead atoms. The van der Waals surface area contributed by atoms with Crippen molar-refractivity contribution in [2.45, 2.75) is 26.8 Å². The Hall–Kier alpha value is -1.55. The Kier molecular flexibility index (Phi) is 3.57. The molecule has 0 amide bonds. The molecule has 1 N–H and O–H groups in total. The highest BCUT2D eigenvalue weighted by atomic mass is 35.5. The Morgan fingerprint density at radius 3 is 2.72 bits per heavy atom. The van der Waals surface area contributed by atoms with Crippen LogP contribution in [0.1, 0.15) is 25.6 Å². The molecular weight excluding hydrogens is 253 g/mol. The summed E-state index contributed by atoms with van der Waals surface area (Å²) in [5, 5.41) is 3.24. The lowest BCUT2D eigenvalue weighted by molar-refractivity contribution is 0.607. The van der Waals surface area contributed by atoms with E-state index < -0.39 is 5.82 Å². The minimum absolute atomic E-state index is 0.0966. The van der Waals surface area contributed by atoms with Gasteiger partial charge in [0, 0.05) is 17.9 Å². The Bertz CT molecular complexity index is 563. The van der Waals surface area contributed by atoms with Crippen LogP contribution in [0, 0.1) is 12.7 Å². The lowest BCUT2D eigenvalue weighted by Crippen LogP contribution is -2.05. The number of nitrogens with zero attached hydrogens (tertiary/aromatic N) is 2. The van der Waals surface area contributed by atoms with Crippen LogP contribution >= 0.6 is 11.6 Å². The second kappa shape index (κ2) is 4.98. The van der Waals surface area contributed by atoms with Gasteiger partial charge in [-0.15, -0.1) is 0 Å². The number of halogens is 2. The monoisotopic (exact) mass is 267 g/mol. The van der Waals surface area contributed by atoms with Crippen molar-refractivity contribution in [2.75, 3.05) is 5.32 Å². The SMILES string of the molecule is Cc1cn(C(C)C)c(Nc2ccc(F)c(Cl)c2)n1. The van der Waals surface area contributed by atoms with Gasteiger partial charge >= 0.3 is 0 Å². The average Bonchev–Trinajstić information content (AvgIpc) is 2.65. The highest BCUT2D eigenvalue weighted by Gasteiger charge is 2.09. The summed E-state index contributed by atoms with van der Waals surface area (Å²) >= 11 is 5.75. The third-order valence-corrected chi connectivity index (χ3v) is 2.87. The van der Waals surface area contributed by atoms with Crippen LogP contribution in [-0.2, 0) is 0 Å². The van der Waals surface area contributed by atoms with Crippen molar-refractivity contribution in [3.8, 4) is 0 Å². The van der Waals surface area contributed by atoms with Crippen molar-refractivity contribution in [3.05, 3.63) is 40.9 Å². The third kappa shape index (κ3) is 2.64. The molecule has 2 aromatic rings. The summed E-state index contributed by atoms with van der Waals surface area (Å²) in [6, 6.07) is 4.81. The number of nitrogens with one attached hydrogen (secondary N) is 1. The van der Waals surface area contributed by atoms with Crippen LogP contribution in [0.4, 0.5) is 16.0 Å². The summed E-state index contributed by atoms with van der Waals surface area (Å²) in [6.07, 6.45) is 1.97. The summed E-state index contributed by atoms with van der Waals surface area (Å²) in [7, 11) is 0. The molecule has 18 heavy (non-hydrogen) atoms. The Morgan fingerprint density at radius 1 is 1.39 bits per heavy atom. The van der Waals surface area contributed by atoms with Crippen LogP contribution < -0.4 is 5.32 Å². The van der Waals surface area contributed by atoms with Crippen LogP contribution in [0.5, 0.6) is 0 Å². The van der Waals surface area contributed by atoms with E-state index in [1.54, 1.807) is 12.1 Å². The zero-order valence-electron chi connectivity index (χ0n) is 10.5. The maximum absolute atomic E-state index is 13.1. The van der Waals surface area contributed by atoms with Crippen LogP contribution in [0.3, 0.4) is 0 Å². The van der Waals surface area contributed by atoms with Gasteiger partial charge < -0.3 is 9.88 Å². The maximum atomic E-state index is 13.1. The lowest BCUT2D eigenvalue weighted by Gasteiger charge is -2.12. The molecule has 5 heteroatoms. The molecule has 0 spiro atoms. The zero-order valence-corrected chi connectivity index (χ0v) is 11.3. The fourth-order valence-electron chi connectivity index (χ4n) is 1.71. The molecule has 0 aliphatic carbocycles. The van der Waals surface area contributed by atoms with Gasteiger partial charge in [-0.1, -0.05) is 11.6 Å². The van der Waals surface area contributed by atoms with Crippen LogP contribution in [0.25, 0.3) is 0 Å². The van der Waals surface area contributed by atoms with E-state index in [1.165, 1.54) is 6.07 Å². The molecule has 1 heterocycles. The van der Waals surface area contributed by atoms with Gasteiger partial charge in [-0.3, -0.25) is 0 Å². The second-order valence-corrected chi connectivity index (χ2v) is 4.87. The molecule has 0 radical (unpaired) electrons. The first-order valence-electron chi connectivity index (χ1n) is 5.75. The van der Waals surface area contributed by atoms with E-state index in [2.05, 4.69) is 24.1 Å². The van der Waals surface area contributed by atoms with E-state index >= 15 is 0 Å². The normalized spacial score (nSPS) is 11.0. The number of rotatable bonds is 3. The average molecular weight is 268 g/mol. The maximum Gasteiger partial charge on any atom is 0.207 e. The van der Waals surface area contributed by atoms with E-state index in [0.717, 1.165) is 11.6 Å². The van der Waals surface area contributed by atoms with Crippen molar-refractivity contribution >= 4 is 23.2 Å². The predicted octanol–water partition coefficient (Wildman–Crippen LogP) is 4.31. The highest BCUT2D eigenvalue weighted by molar-refractivity contribution is 6.31. The molecule has 0 saturated carbocycles. The number of aryl methyl sites for hydroxylation is 1. The molecule has 3 nitrogen and oxygen atoms in total. The van der Waals surface area contributed by atoms with Crippen molar-refractivity contribution in [3.63, 3.8) is 0 Å². The molecule has 0 aliphatic rings. The number of hydrogen-bond donors (Lipinski definition) is 1. The first-order chi connectivity index (χ1) is 8.47. The summed E-state index contributed by atoms with van der Waals surface area (Å²) in [5.74, 6) is 0.302. The minimum Gasteiger partial charge on any atom is -0.326 e. The lowest BCUT2D eigenvalue weighted by atomic mass is 10.3. The summed E-state index contributed by atoms with van der Waals surface area (Å²) in [5.41, 5.74) is 1.65. The first kappa shape index (κ1) is 12.9. The van der Waals surface area contributed by atoms with Crippen LogP contribution in [-0.4, -0.2) is 9.55 Å². The van der Waals surface area contributed by atoms with Gasteiger partial charge in [-0.25, -0.2) is 9.37 Å². The van der Waals surface area contributed by atoms with Gasteiger partial charge in [0.05, 0.1) is 10.7 Å². The summed E-state index contributed by atoms with van der Waals surface area (Å²) in [4.78, 5) is 4.39. The number of anilines is 2. The van der Waals surface area contributed by atoms with Crippen molar-refractivity contribution in [2.24, 2.45) is 0 Å². The predicted molar refractivity (Wildman–Crippen MR) is 72.0 cm³/mol. The summed E-state index contributed by atoms with van der Waals surface area (Å²) in [6.45, 7) is 6.08. The molecule has 0 unspecified atom stereocenters. The molecule has 0 aliphatic heterocycles. The largest absolute Gasteiger partial charge is 0.326 e. The Morgan fingerprint density at radius 2 is 2.11 bits per heavy atom. The fraction of sp³-hybridized carbons (Fsp3) is 0.308. The summed E-state index contributed by atoms with van der Waals surface area (Å²) < 4.78 is 15.1. The minimum atomic E-state index is -0.425. The van der Waals surface area contributed by atoms with Gasteiger partial charge in [0.15, 0.2) is 0 Å². The van der Waals surface area contributed by atoms with Gasteiger partial charge in [0.25, 0.3) is 0 Å². The van der Waals surface area contributed by atoms with Gasteiger partial charge in [0.2, 0.25) is 5.95 Å². The van der Waals surface area contributed by atoms with Crippen molar-refractivity contribution < 1.29 is 4.39 Å².